The van der Waals surface area contributed by atoms with E-state index in [4.69, 9.17) is 14.2 Å². The number of hydrogen-bond acceptors (Lipinski definition) is 12. The van der Waals surface area contributed by atoms with Gasteiger partial charge in [0.1, 0.15) is 0 Å². The largest absolute Gasteiger partial charge is 0.450 e. The number of rotatable bonds is 9. The second kappa shape index (κ2) is 25.8. The molecule has 3 saturated carbocycles. The Balaban J connectivity index is 0.000000136. The molecule has 21 nitrogen and oxygen atoms in total. The summed E-state index contributed by atoms with van der Waals surface area (Å²) in [7, 11) is 0. The van der Waals surface area contributed by atoms with Crippen LogP contribution in [0, 0.1) is 0 Å². The fourth-order valence-electron chi connectivity index (χ4n) is 17.1. The average Bonchev–Trinajstić information content (AvgIpc) is 4.47. The van der Waals surface area contributed by atoms with Gasteiger partial charge in [-0.2, -0.15) is 0 Å². The van der Waals surface area contributed by atoms with Crippen LogP contribution in [-0.2, 0) is 14.2 Å². The molecule has 0 aromatic heterocycles. The third kappa shape index (κ3) is 12.8. The van der Waals surface area contributed by atoms with Gasteiger partial charge in [0.05, 0.1) is 56.1 Å². The van der Waals surface area contributed by atoms with Crippen molar-refractivity contribution in [3.05, 3.63) is 0 Å². The minimum absolute atomic E-state index is 0.0262. The fourth-order valence-corrected chi connectivity index (χ4v) is 17.1. The second-order valence-corrected chi connectivity index (χ2v) is 26.7. The van der Waals surface area contributed by atoms with Crippen molar-refractivity contribution in [3.8, 4) is 0 Å². The highest BCUT2D eigenvalue weighted by Gasteiger charge is 2.51. The summed E-state index contributed by atoms with van der Waals surface area (Å²) in [5.41, 5.74) is 0.0785. The van der Waals surface area contributed by atoms with E-state index in [2.05, 4.69) is 66.1 Å². The van der Waals surface area contributed by atoms with Crippen molar-refractivity contribution in [1.82, 2.24) is 60.0 Å². The van der Waals surface area contributed by atoms with Crippen molar-refractivity contribution in [2.75, 3.05) is 98.4 Å². The van der Waals surface area contributed by atoms with Gasteiger partial charge < -0.3 is 59.6 Å². The zero-order chi connectivity index (χ0) is 57.1. The first-order valence-corrected chi connectivity index (χ1v) is 32.3. The molecule has 0 aromatic carbocycles. The number of hydrogen-bond donors (Lipinski definition) is 3. The van der Waals surface area contributed by atoms with E-state index in [0.717, 1.165) is 175 Å². The van der Waals surface area contributed by atoms with Gasteiger partial charge in [-0.15, -0.1) is 0 Å². The molecule has 0 aromatic rings. The number of likely N-dealkylation sites (tertiary alicyclic amines) is 6. The van der Waals surface area contributed by atoms with Gasteiger partial charge in [0.2, 0.25) is 0 Å². The summed E-state index contributed by atoms with van der Waals surface area (Å²) in [5, 5.41) is 9.67. The minimum atomic E-state index is -0.187. The lowest BCUT2D eigenvalue weighted by molar-refractivity contribution is 0.0425. The number of fused-ring (bicyclic) bond motifs is 3. The molecule has 0 spiro atoms. The Labute approximate surface area is 483 Å². The number of urea groups is 3. The molecule has 0 radical (unpaired) electrons. The van der Waals surface area contributed by atoms with Crippen LogP contribution in [0.25, 0.3) is 0 Å². The molecular formula is C60H102N12O9. The number of amides is 9. The predicted octanol–water partition coefficient (Wildman–Crippen LogP) is 7.22. The average molecular weight is 1140 g/mol. The predicted molar refractivity (Wildman–Crippen MR) is 308 cm³/mol. The molecule has 9 aliphatic heterocycles. The van der Waals surface area contributed by atoms with Crippen LogP contribution in [-0.4, -0.2) is 250 Å². The Hall–Kier alpha value is -4.50. The number of carbonyl (C=O) groups is 6. The molecule has 0 bridgehead atoms. The molecule has 456 valence electrons. The summed E-state index contributed by atoms with van der Waals surface area (Å²) in [5.74, 6) is 0. The van der Waals surface area contributed by atoms with E-state index in [0.29, 0.717) is 74.2 Å². The Morgan fingerprint density at radius 3 is 0.889 bits per heavy atom. The highest BCUT2D eigenvalue weighted by molar-refractivity contribution is 5.79. The van der Waals surface area contributed by atoms with E-state index >= 15 is 0 Å². The van der Waals surface area contributed by atoms with E-state index in [9.17, 15) is 28.8 Å². The SMILES string of the molecule is CCOC(=O)N1CCC(C)(N2CCC(N3C(=O)N[C@H]4CCCC[C@@H]43)CC2)C1.CCOC(=O)N1CCC(C)(N2CCC(N3C(=O)N[C@H]4CCCC[C@@H]43)CC2)C1.CCOC(=O)N1CCC(C)(N2CCC(N3C(=O)N[C@H]4CCCC[C@@H]43)CC2)C1. The van der Waals surface area contributed by atoms with Gasteiger partial charge >= 0.3 is 36.4 Å². The monoisotopic (exact) mass is 1130 g/mol. The Kier molecular flexibility index (Phi) is 19.0. The van der Waals surface area contributed by atoms with E-state index in [1.54, 1.807) is 0 Å². The first kappa shape index (κ1) is 59.7. The number of piperidine rings is 3. The van der Waals surface area contributed by atoms with Crippen LogP contribution in [0.15, 0.2) is 0 Å². The van der Waals surface area contributed by atoms with Crippen LogP contribution in [0.3, 0.4) is 0 Å². The lowest BCUT2D eigenvalue weighted by Crippen LogP contribution is -2.56. The molecule has 9 amide bonds. The van der Waals surface area contributed by atoms with Crippen molar-refractivity contribution >= 4 is 36.4 Å². The molecule has 81 heavy (non-hydrogen) atoms. The highest BCUT2D eigenvalue weighted by atomic mass is 16.6. The summed E-state index contributed by atoms with van der Waals surface area (Å²) in [4.78, 5) is 93.5. The molecule has 12 fully saturated rings. The molecule has 12 aliphatic rings. The Morgan fingerprint density at radius 2 is 0.642 bits per heavy atom. The Morgan fingerprint density at radius 1 is 0.395 bits per heavy atom. The molecule has 3 aliphatic carbocycles. The van der Waals surface area contributed by atoms with Crippen molar-refractivity contribution in [2.45, 2.75) is 247 Å². The second-order valence-electron chi connectivity index (χ2n) is 26.7. The summed E-state index contributed by atoms with van der Waals surface area (Å²) in [6.45, 7) is 24.2. The third-order valence-electron chi connectivity index (χ3n) is 21.7. The van der Waals surface area contributed by atoms with Gasteiger partial charge in [0.25, 0.3) is 0 Å². The summed E-state index contributed by atoms with van der Waals surface area (Å²) in [6.07, 6.45) is 22.9. The van der Waals surface area contributed by atoms with Crippen molar-refractivity contribution in [1.29, 1.82) is 0 Å². The normalized spacial score (nSPS) is 35.3. The molecule has 12 rings (SSSR count). The van der Waals surface area contributed by atoms with E-state index in [1.165, 1.54) is 38.5 Å². The molecular weight excluding hydrogens is 1030 g/mol. The minimum Gasteiger partial charge on any atom is -0.450 e. The maximum Gasteiger partial charge on any atom is 0.409 e. The molecule has 3 N–H and O–H groups in total. The lowest BCUT2D eigenvalue weighted by Gasteiger charge is -2.45. The standard InChI is InChI=1S/3C20H34N4O3/c3*1-3-27-19(26)22-13-10-20(2,14-22)23-11-8-15(9-12-23)24-17-7-5-4-6-16(17)21-18(24)25/h3*15-17H,3-14H2,1-2H3,(H,21,25)/t3*16-,17-,20?/m000/s1. The molecule has 9 heterocycles. The van der Waals surface area contributed by atoms with Crippen LogP contribution >= 0.6 is 0 Å². The van der Waals surface area contributed by atoms with Crippen molar-refractivity contribution in [2.24, 2.45) is 0 Å². The van der Waals surface area contributed by atoms with Crippen molar-refractivity contribution < 1.29 is 43.0 Å². The number of ether oxygens (including phenoxy) is 3. The van der Waals surface area contributed by atoms with Gasteiger partial charge in [-0.05, 0) is 138 Å². The molecule has 9 atom stereocenters. The lowest BCUT2D eigenvalue weighted by atomic mass is 9.88. The van der Waals surface area contributed by atoms with Crippen LogP contribution in [0.5, 0.6) is 0 Å². The third-order valence-corrected chi connectivity index (χ3v) is 21.7. The maximum atomic E-state index is 12.6. The first-order valence-electron chi connectivity index (χ1n) is 32.3. The van der Waals surface area contributed by atoms with Gasteiger partial charge in [-0.3, -0.25) is 14.7 Å². The zero-order valence-electron chi connectivity index (χ0n) is 50.4. The topological polar surface area (TPSA) is 195 Å². The fraction of sp³-hybridized carbons (Fsp3) is 0.900. The zero-order valence-corrected chi connectivity index (χ0v) is 50.4. The molecule has 21 heteroatoms. The summed E-state index contributed by atoms with van der Waals surface area (Å²) < 4.78 is 15.5. The van der Waals surface area contributed by atoms with Crippen LogP contribution in [0.4, 0.5) is 28.8 Å². The van der Waals surface area contributed by atoms with Gasteiger partial charge in [0, 0.05) is 113 Å². The summed E-state index contributed by atoms with van der Waals surface area (Å²) >= 11 is 0. The van der Waals surface area contributed by atoms with E-state index in [1.807, 2.05) is 35.5 Å². The number of carbonyl (C=O) groups excluding carboxylic acids is 6. The maximum absolute atomic E-state index is 12.6. The van der Waals surface area contributed by atoms with E-state index in [-0.39, 0.29) is 53.0 Å². The summed E-state index contributed by atoms with van der Waals surface area (Å²) in [6, 6.07) is 3.89. The van der Waals surface area contributed by atoms with Crippen LogP contribution in [0.2, 0.25) is 0 Å². The van der Waals surface area contributed by atoms with Gasteiger partial charge in [-0.1, -0.05) is 38.5 Å². The van der Waals surface area contributed by atoms with E-state index < -0.39 is 0 Å². The Bertz CT molecular complexity index is 1970. The van der Waals surface area contributed by atoms with Gasteiger partial charge in [0.15, 0.2) is 0 Å². The van der Waals surface area contributed by atoms with Crippen LogP contribution < -0.4 is 16.0 Å². The molecule has 3 unspecified atom stereocenters. The van der Waals surface area contributed by atoms with Crippen LogP contribution in [0.1, 0.15) is 176 Å². The molecule has 9 saturated heterocycles. The number of nitrogens with zero attached hydrogens (tertiary/aromatic N) is 9. The first-order chi connectivity index (χ1) is 39.0. The highest BCUT2D eigenvalue weighted by Crippen LogP contribution is 2.40. The van der Waals surface area contributed by atoms with Crippen molar-refractivity contribution in [3.63, 3.8) is 0 Å². The quantitative estimate of drug-likeness (QED) is 0.197. The smallest absolute Gasteiger partial charge is 0.409 e. The van der Waals surface area contributed by atoms with Gasteiger partial charge in [-0.25, -0.2) is 28.8 Å². The number of nitrogens with one attached hydrogen (secondary N) is 3.